The van der Waals surface area contributed by atoms with Gasteiger partial charge in [-0.2, -0.15) is 13.2 Å². The third-order valence-electron chi connectivity index (χ3n) is 2.54. The van der Waals surface area contributed by atoms with Crippen LogP contribution in [0.3, 0.4) is 0 Å². The molecule has 0 aliphatic rings. The second-order valence-electron chi connectivity index (χ2n) is 3.84. The average molecular weight is 343 g/mol. The van der Waals surface area contributed by atoms with Crippen molar-refractivity contribution in [2.75, 3.05) is 0 Å². The minimum absolute atomic E-state index is 0.00410. The Labute approximate surface area is 126 Å². The molecule has 8 heteroatoms. The van der Waals surface area contributed by atoms with Gasteiger partial charge >= 0.3 is 6.18 Å². The van der Waals surface area contributed by atoms with Crippen molar-refractivity contribution < 1.29 is 13.2 Å². The van der Waals surface area contributed by atoms with Crippen LogP contribution in [0.4, 0.5) is 13.2 Å². The van der Waals surface area contributed by atoms with E-state index in [0.717, 1.165) is 12.1 Å². The van der Waals surface area contributed by atoms with E-state index >= 15 is 0 Å². The highest BCUT2D eigenvalue weighted by atomic mass is 35.5. The minimum atomic E-state index is -4.63. The van der Waals surface area contributed by atoms with E-state index in [-0.39, 0.29) is 26.2 Å². The predicted molar refractivity (Wildman–Crippen MR) is 72.5 cm³/mol. The molecule has 2 aromatic rings. The number of aromatic amines is 1. The summed E-state index contributed by atoms with van der Waals surface area (Å²) in [7, 11) is 0. The molecule has 0 fully saturated rings. The summed E-state index contributed by atoms with van der Waals surface area (Å²) in [4.78, 5) is 13.5. The molecule has 1 N–H and O–H groups in total. The van der Waals surface area contributed by atoms with Crippen molar-refractivity contribution in [1.29, 1.82) is 0 Å². The summed E-state index contributed by atoms with van der Waals surface area (Å²) in [6.07, 6.45) is -4.63. The highest BCUT2D eigenvalue weighted by Gasteiger charge is 2.32. The summed E-state index contributed by atoms with van der Waals surface area (Å²) in [6.45, 7) is 0. The van der Waals surface area contributed by atoms with E-state index in [0.29, 0.717) is 0 Å². The van der Waals surface area contributed by atoms with E-state index in [4.69, 9.17) is 34.8 Å². The molecule has 0 saturated heterocycles. The van der Waals surface area contributed by atoms with Crippen LogP contribution in [-0.4, -0.2) is 4.98 Å². The first-order valence-corrected chi connectivity index (χ1v) is 6.29. The molecule has 2 rings (SSSR count). The van der Waals surface area contributed by atoms with Gasteiger partial charge in [-0.05, 0) is 18.2 Å². The van der Waals surface area contributed by atoms with E-state index in [1.54, 1.807) is 4.98 Å². The number of H-pyrrole nitrogens is 1. The third kappa shape index (κ3) is 2.80. The number of nitrogens with one attached hydrogen (secondary N) is 1. The average Bonchev–Trinajstić information content (AvgIpc) is 2.36. The number of rotatable bonds is 1. The van der Waals surface area contributed by atoms with Crippen LogP contribution < -0.4 is 5.56 Å². The number of alkyl halides is 3. The first kappa shape index (κ1) is 15.2. The van der Waals surface area contributed by atoms with Crippen LogP contribution >= 0.6 is 34.8 Å². The molecule has 20 heavy (non-hydrogen) atoms. The smallest absolute Gasteiger partial charge is 0.318 e. The number of halogens is 6. The lowest BCUT2D eigenvalue weighted by Crippen LogP contribution is -2.17. The molecule has 0 aliphatic carbocycles. The van der Waals surface area contributed by atoms with Crippen molar-refractivity contribution in [2.24, 2.45) is 0 Å². The Morgan fingerprint density at radius 3 is 2.05 bits per heavy atom. The number of hydrogen-bond acceptors (Lipinski definition) is 1. The summed E-state index contributed by atoms with van der Waals surface area (Å²) in [6, 6.07) is 4.61. The van der Waals surface area contributed by atoms with Gasteiger partial charge in [-0.1, -0.05) is 40.9 Å². The summed E-state index contributed by atoms with van der Waals surface area (Å²) < 4.78 is 37.4. The van der Waals surface area contributed by atoms with Gasteiger partial charge in [-0.15, -0.1) is 0 Å². The van der Waals surface area contributed by atoms with E-state index in [1.165, 1.54) is 12.1 Å². The molecule has 0 unspecified atom stereocenters. The normalized spacial score (nSPS) is 11.7. The van der Waals surface area contributed by atoms with Crippen LogP contribution in [0.2, 0.25) is 15.1 Å². The molecular weight excluding hydrogens is 337 g/mol. The molecular formula is C12H5Cl3F3NO. The van der Waals surface area contributed by atoms with Crippen molar-refractivity contribution in [2.45, 2.75) is 6.18 Å². The Balaban J connectivity index is 2.61. The van der Waals surface area contributed by atoms with Gasteiger partial charge in [0.2, 0.25) is 0 Å². The largest absolute Gasteiger partial charge is 0.431 e. The molecule has 2 nitrogen and oxygen atoms in total. The summed E-state index contributed by atoms with van der Waals surface area (Å²) in [5.74, 6) is 0. The topological polar surface area (TPSA) is 32.9 Å². The number of aromatic nitrogens is 1. The van der Waals surface area contributed by atoms with E-state index < -0.39 is 17.4 Å². The van der Waals surface area contributed by atoms with Gasteiger partial charge in [0, 0.05) is 11.1 Å². The Morgan fingerprint density at radius 1 is 0.900 bits per heavy atom. The fourth-order valence-corrected chi connectivity index (χ4v) is 2.22. The van der Waals surface area contributed by atoms with Crippen molar-refractivity contribution in [3.8, 4) is 11.1 Å². The summed E-state index contributed by atoms with van der Waals surface area (Å²) >= 11 is 17.5. The summed E-state index contributed by atoms with van der Waals surface area (Å²) in [5.41, 5.74) is -1.87. The van der Waals surface area contributed by atoms with Crippen LogP contribution in [0.15, 0.2) is 29.1 Å². The fourth-order valence-electron chi connectivity index (χ4n) is 1.59. The maximum atomic E-state index is 12.5. The predicted octanol–water partition coefficient (Wildman–Crippen LogP) is 5.02. The third-order valence-corrected chi connectivity index (χ3v) is 3.83. The van der Waals surface area contributed by atoms with Crippen molar-refractivity contribution >= 4 is 34.8 Å². The molecule has 0 aliphatic heterocycles. The highest BCUT2D eigenvalue weighted by molar-refractivity contribution is 6.49. The fraction of sp³-hybridized carbons (Fsp3) is 0.0833. The van der Waals surface area contributed by atoms with E-state index in [1.807, 2.05) is 0 Å². The molecule has 1 aromatic heterocycles. The second-order valence-corrected chi connectivity index (χ2v) is 5.00. The lowest BCUT2D eigenvalue weighted by atomic mass is 10.1. The molecule has 0 radical (unpaired) electrons. The van der Waals surface area contributed by atoms with Crippen molar-refractivity contribution in [3.63, 3.8) is 0 Å². The maximum Gasteiger partial charge on any atom is 0.431 e. The molecule has 1 heterocycles. The number of hydrogen-bond donors (Lipinski definition) is 1. The van der Waals surface area contributed by atoms with Crippen LogP contribution in [0.1, 0.15) is 5.69 Å². The van der Waals surface area contributed by atoms with Gasteiger partial charge < -0.3 is 4.98 Å². The summed E-state index contributed by atoms with van der Waals surface area (Å²) in [5, 5.41) is 0.221. The molecule has 0 saturated carbocycles. The van der Waals surface area contributed by atoms with Crippen LogP contribution in [0.25, 0.3) is 11.1 Å². The SMILES string of the molecule is O=c1[nH]c(C(F)(F)F)ccc1-c1ccc(Cl)c(Cl)c1Cl. The molecule has 0 amide bonds. The van der Waals surface area contributed by atoms with Gasteiger partial charge in [0.25, 0.3) is 5.56 Å². The lowest BCUT2D eigenvalue weighted by molar-refractivity contribution is -0.141. The lowest BCUT2D eigenvalue weighted by Gasteiger charge is -2.09. The van der Waals surface area contributed by atoms with Crippen LogP contribution in [0.5, 0.6) is 0 Å². The highest BCUT2D eigenvalue weighted by Crippen LogP contribution is 2.37. The van der Waals surface area contributed by atoms with E-state index in [9.17, 15) is 18.0 Å². The Hall–Kier alpha value is -1.17. The molecule has 106 valence electrons. The van der Waals surface area contributed by atoms with Crippen LogP contribution in [0, 0.1) is 0 Å². The standard InChI is InChI=1S/C12H5Cl3F3NO/c13-7-3-1-5(9(14)10(7)15)6-2-4-8(12(16,17)18)19-11(6)20/h1-4H,(H,19,20). The Bertz CT molecular complexity index is 725. The van der Waals surface area contributed by atoms with Gasteiger partial charge in [-0.3, -0.25) is 4.79 Å². The molecule has 0 spiro atoms. The molecule has 1 aromatic carbocycles. The molecule has 0 bridgehead atoms. The zero-order valence-corrected chi connectivity index (χ0v) is 11.8. The van der Waals surface area contributed by atoms with Crippen LogP contribution in [-0.2, 0) is 6.18 Å². The maximum absolute atomic E-state index is 12.5. The Morgan fingerprint density at radius 2 is 1.50 bits per heavy atom. The quantitative estimate of drug-likeness (QED) is 0.725. The van der Waals surface area contributed by atoms with E-state index in [2.05, 4.69) is 0 Å². The first-order chi connectivity index (χ1) is 9.21. The monoisotopic (exact) mass is 341 g/mol. The van der Waals surface area contributed by atoms with Gasteiger partial charge in [-0.25, -0.2) is 0 Å². The van der Waals surface area contributed by atoms with Gasteiger partial charge in [0.1, 0.15) is 5.69 Å². The minimum Gasteiger partial charge on any atom is -0.318 e. The Kier molecular flexibility index (Phi) is 4.04. The molecule has 0 atom stereocenters. The van der Waals surface area contributed by atoms with Crippen molar-refractivity contribution in [3.05, 3.63) is 55.4 Å². The van der Waals surface area contributed by atoms with Gasteiger partial charge in [0.15, 0.2) is 0 Å². The zero-order valence-electron chi connectivity index (χ0n) is 9.49. The second kappa shape index (κ2) is 5.31. The number of pyridine rings is 1. The van der Waals surface area contributed by atoms with Gasteiger partial charge in [0.05, 0.1) is 15.1 Å². The number of benzene rings is 1. The zero-order chi connectivity index (χ0) is 15.1. The first-order valence-electron chi connectivity index (χ1n) is 5.16. The van der Waals surface area contributed by atoms with Crippen molar-refractivity contribution in [1.82, 2.24) is 4.98 Å².